The Hall–Kier alpha value is -3.07. The number of para-hydroxylation sites is 1. The number of aromatic nitrogens is 1. The molecule has 6 N–H and O–H groups in total. The lowest BCUT2D eigenvalue weighted by molar-refractivity contribution is -0.131. The number of hydrogen-bond acceptors (Lipinski definition) is 4. The molecule has 1 aromatic heterocycles. The molecule has 3 unspecified atom stereocenters. The predicted molar refractivity (Wildman–Crippen MR) is 123 cm³/mol. The van der Waals surface area contributed by atoms with Gasteiger partial charge in [0.2, 0.25) is 17.7 Å². The maximum absolute atomic E-state index is 13.1. The van der Waals surface area contributed by atoms with Crippen molar-refractivity contribution in [1.82, 2.24) is 20.9 Å². The van der Waals surface area contributed by atoms with Gasteiger partial charge in [0.1, 0.15) is 17.8 Å². The summed E-state index contributed by atoms with van der Waals surface area (Å²) in [5.41, 5.74) is 6.46. The number of piperidine rings is 1. The molecule has 4 rings (SSSR count). The fraction of sp³-hybridized carbons (Fsp3) is 0.478. The molecule has 2 aromatic rings. The van der Waals surface area contributed by atoms with Gasteiger partial charge in [0.25, 0.3) is 5.91 Å². The van der Waals surface area contributed by atoms with E-state index in [9.17, 15) is 19.2 Å². The zero-order chi connectivity index (χ0) is 23.5. The molecule has 33 heavy (non-hydrogen) atoms. The number of benzene rings is 1. The summed E-state index contributed by atoms with van der Waals surface area (Å²) >= 11 is 6.19. The Morgan fingerprint density at radius 1 is 1.12 bits per heavy atom. The standard InChI is InChI=1S/C23H28ClN5O4/c24-15-5-1-3-13-10-18(27-19(13)15)23(33)29-17(9-12-6-7-12)22(32)28-16(20(25)30)11-14-4-2-8-26-21(14)31/h1,3,5,10,12,14,16-17,27H,2,4,6-9,11H2,(H2,25,30)(H,26,31)(H,28,32)(H,29,33). The number of nitrogens with two attached hydrogens (primary N) is 1. The Morgan fingerprint density at radius 3 is 2.58 bits per heavy atom. The van der Waals surface area contributed by atoms with Gasteiger partial charge in [-0.15, -0.1) is 0 Å². The zero-order valence-electron chi connectivity index (χ0n) is 18.2. The third-order valence-electron chi connectivity index (χ3n) is 6.32. The van der Waals surface area contributed by atoms with E-state index in [1.807, 2.05) is 6.07 Å². The summed E-state index contributed by atoms with van der Waals surface area (Å²) < 4.78 is 0. The van der Waals surface area contributed by atoms with Gasteiger partial charge in [-0.3, -0.25) is 19.2 Å². The average Bonchev–Trinajstić information content (AvgIpc) is 3.48. The van der Waals surface area contributed by atoms with Crippen molar-refractivity contribution < 1.29 is 19.2 Å². The first-order chi connectivity index (χ1) is 15.8. The van der Waals surface area contributed by atoms with Crippen LogP contribution in [-0.2, 0) is 14.4 Å². The zero-order valence-corrected chi connectivity index (χ0v) is 18.9. The minimum absolute atomic E-state index is 0.136. The number of H-pyrrole nitrogens is 1. The van der Waals surface area contributed by atoms with Gasteiger partial charge >= 0.3 is 0 Å². The highest BCUT2D eigenvalue weighted by Gasteiger charge is 2.34. The summed E-state index contributed by atoms with van der Waals surface area (Å²) in [7, 11) is 0. The number of amides is 4. The summed E-state index contributed by atoms with van der Waals surface area (Å²) in [6.45, 7) is 0.609. The fourth-order valence-electron chi connectivity index (χ4n) is 4.26. The van der Waals surface area contributed by atoms with Crippen LogP contribution >= 0.6 is 11.6 Å². The van der Waals surface area contributed by atoms with Crippen molar-refractivity contribution in [3.63, 3.8) is 0 Å². The molecule has 1 saturated carbocycles. The van der Waals surface area contributed by atoms with Crippen LogP contribution in [0, 0.1) is 11.8 Å². The fourth-order valence-corrected chi connectivity index (χ4v) is 4.49. The van der Waals surface area contributed by atoms with E-state index in [-0.39, 0.29) is 23.9 Å². The van der Waals surface area contributed by atoms with Crippen molar-refractivity contribution in [1.29, 1.82) is 0 Å². The molecule has 1 aliphatic carbocycles. The monoisotopic (exact) mass is 473 g/mol. The van der Waals surface area contributed by atoms with Crippen LogP contribution < -0.4 is 21.7 Å². The Labute approximate surface area is 196 Å². The highest BCUT2D eigenvalue weighted by atomic mass is 35.5. The van der Waals surface area contributed by atoms with Gasteiger partial charge in [-0.05, 0) is 43.7 Å². The molecule has 0 radical (unpaired) electrons. The van der Waals surface area contributed by atoms with Gasteiger partial charge in [-0.1, -0.05) is 36.6 Å². The lowest BCUT2D eigenvalue weighted by atomic mass is 9.91. The van der Waals surface area contributed by atoms with E-state index in [4.69, 9.17) is 17.3 Å². The van der Waals surface area contributed by atoms with Crippen molar-refractivity contribution in [3.8, 4) is 0 Å². The molecule has 0 spiro atoms. The Morgan fingerprint density at radius 2 is 1.91 bits per heavy atom. The van der Waals surface area contributed by atoms with Crippen LogP contribution in [0.5, 0.6) is 0 Å². The van der Waals surface area contributed by atoms with Crippen molar-refractivity contribution in [2.75, 3.05) is 6.54 Å². The number of primary amides is 1. The molecule has 4 amide bonds. The first-order valence-electron chi connectivity index (χ1n) is 11.3. The van der Waals surface area contributed by atoms with Crippen molar-refractivity contribution in [3.05, 3.63) is 35.0 Å². The third-order valence-corrected chi connectivity index (χ3v) is 6.63. The third kappa shape index (κ3) is 5.65. The molecule has 1 saturated heterocycles. The number of aromatic amines is 1. The van der Waals surface area contributed by atoms with Crippen LogP contribution in [0.25, 0.3) is 10.9 Å². The Bertz CT molecular complexity index is 1080. The second-order valence-electron chi connectivity index (χ2n) is 8.92. The number of fused-ring (bicyclic) bond motifs is 1. The molecule has 2 fully saturated rings. The van der Waals surface area contributed by atoms with Crippen LogP contribution in [0.15, 0.2) is 24.3 Å². The highest BCUT2D eigenvalue weighted by molar-refractivity contribution is 6.35. The normalized spacial score (nSPS) is 20.0. The van der Waals surface area contributed by atoms with Crippen molar-refractivity contribution in [2.24, 2.45) is 17.6 Å². The first-order valence-corrected chi connectivity index (χ1v) is 11.6. The van der Waals surface area contributed by atoms with E-state index >= 15 is 0 Å². The van der Waals surface area contributed by atoms with E-state index in [1.54, 1.807) is 18.2 Å². The number of carbonyl (C=O) groups is 4. The molecule has 9 nitrogen and oxygen atoms in total. The SMILES string of the molecule is NC(=O)C(CC1CCCNC1=O)NC(=O)C(CC1CC1)NC(=O)c1cc2cccc(Cl)c2[nH]1. The number of nitrogens with one attached hydrogen (secondary N) is 4. The maximum atomic E-state index is 13.1. The van der Waals surface area contributed by atoms with Gasteiger partial charge in [0, 0.05) is 17.8 Å². The molecule has 10 heteroatoms. The highest BCUT2D eigenvalue weighted by Crippen LogP contribution is 2.34. The molecule has 176 valence electrons. The molecule has 0 bridgehead atoms. The molecule has 2 aliphatic rings. The van der Waals surface area contributed by atoms with Crippen LogP contribution in [0.3, 0.4) is 0 Å². The van der Waals surface area contributed by atoms with Crippen molar-refractivity contribution >= 4 is 46.1 Å². The summed E-state index contributed by atoms with van der Waals surface area (Å²) in [5.74, 6) is -1.81. The number of carbonyl (C=O) groups excluding carboxylic acids is 4. The average molecular weight is 474 g/mol. The molecule has 1 aliphatic heterocycles. The second-order valence-corrected chi connectivity index (χ2v) is 9.33. The second kappa shape index (κ2) is 9.82. The predicted octanol–water partition coefficient (Wildman–Crippen LogP) is 1.61. The van der Waals surface area contributed by atoms with E-state index in [0.29, 0.717) is 35.8 Å². The van der Waals surface area contributed by atoms with E-state index < -0.39 is 29.8 Å². The minimum Gasteiger partial charge on any atom is -0.368 e. The first kappa shape index (κ1) is 23.1. The summed E-state index contributed by atoms with van der Waals surface area (Å²) in [6.07, 6.45) is 4.03. The quantitative estimate of drug-likeness (QED) is 0.376. The Balaban J connectivity index is 1.45. The van der Waals surface area contributed by atoms with Gasteiger partial charge < -0.3 is 26.7 Å². The lowest BCUT2D eigenvalue weighted by Gasteiger charge is -2.27. The summed E-state index contributed by atoms with van der Waals surface area (Å²) in [4.78, 5) is 53.1. The van der Waals surface area contributed by atoms with Crippen LogP contribution in [-0.4, -0.2) is 47.2 Å². The molecular weight excluding hydrogens is 446 g/mol. The van der Waals surface area contributed by atoms with Gasteiger partial charge in [-0.25, -0.2) is 0 Å². The molecular formula is C23H28ClN5O4. The number of hydrogen-bond donors (Lipinski definition) is 5. The van der Waals surface area contributed by atoms with Crippen LogP contribution in [0.2, 0.25) is 5.02 Å². The van der Waals surface area contributed by atoms with Crippen molar-refractivity contribution in [2.45, 2.75) is 50.6 Å². The van der Waals surface area contributed by atoms with Gasteiger partial charge in [0.15, 0.2) is 0 Å². The van der Waals surface area contributed by atoms with E-state index in [2.05, 4.69) is 20.9 Å². The topological polar surface area (TPSA) is 146 Å². The molecule has 3 atom stereocenters. The van der Waals surface area contributed by atoms with E-state index in [1.165, 1.54) is 0 Å². The van der Waals surface area contributed by atoms with Gasteiger partial charge in [-0.2, -0.15) is 0 Å². The number of rotatable bonds is 9. The van der Waals surface area contributed by atoms with Crippen LogP contribution in [0.1, 0.15) is 49.0 Å². The van der Waals surface area contributed by atoms with E-state index in [0.717, 1.165) is 24.6 Å². The maximum Gasteiger partial charge on any atom is 0.268 e. The summed E-state index contributed by atoms with van der Waals surface area (Å²) in [5, 5.41) is 9.51. The lowest BCUT2D eigenvalue weighted by Crippen LogP contribution is -2.54. The Kier molecular flexibility index (Phi) is 6.88. The summed E-state index contributed by atoms with van der Waals surface area (Å²) in [6, 6.07) is 5.21. The largest absolute Gasteiger partial charge is 0.368 e. The smallest absolute Gasteiger partial charge is 0.268 e. The molecule has 2 heterocycles. The number of halogens is 1. The van der Waals surface area contributed by atoms with Crippen LogP contribution in [0.4, 0.5) is 0 Å². The minimum atomic E-state index is -0.989. The van der Waals surface area contributed by atoms with Gasteiger partial charge in [0.05, 0.1) is 10.5 Å². The molecule has 1 aromatic carbocycles.